The van der Waals surface area contributed by atoms with Crippen LogP contribution in [0.1, 0.15) is 15.9 Å². The van der Waals surface area contributed by atoms with E-state index in [-0.39, 0.29) is 23.7 Å². The first-order chi connectivity index (χ1) is 14.7. The molecule has 0 unspecified atom stereocenters. The second-order valence-electron chi connectivity index (χ2n) is 7.09. The molecular formula is C21H23N7O2. The van der Waals surface area contributed by atoms with Crippen LogP contribution in [0.3, 0.4) is 0 Å². The second-order valence-corrected chi connectivity index (χ2v) is 7.09. The molecule has 1 saturated heterocycles. The molecule has 3 heterocycles. The number of carbonyl (C=O) groups excluding carboxylic acids is 1. The number of carbonyl (C=O) groups is 1. The Morgan fingerprint density at radius 3 is 2.63 bits per heavy atom. The standard InChI is InChI=1S/C21H23N7O2/c1-27-10-12-28(13-11-27)15-16-4-2-5-17(14-16)19(29)26-20-22-9-6-18(25-20)30-21-23-7-3-8-24-21/h2-9,14H,10-13,15H2,1H3,(H,22,25,26,29). The zero-order valence-corrected chi connectivity index (χ0v) is 16.7. The summed E-state index contributed by atoms with van der Waals surface area (Å²) in [6.07, 6.45) is 4.65. The molecule has 9 heteroatoms. The first-order valence-corrected chi connectivity index (χ1v) is 9.75. The van der Waals surface area contributed by atoms with Gasteiger partial charge >= 0.3 is 6.01 Å². The molecule has 0 bridgehead atoms. The third-order valence-corrected chi connectivity index (χ3v) is 4.78. The summed E-state index contributed by atoms with van der Waals surface area (Å²) in [4.78, 5) is 33.7. The van der Waals surface area contributed by atoms with E-state index in [2.05, 4.69) is 42.1 Å². The maximum Gasteiger partial charge on any atom is 0.323 e. The Bertz CT molecular complexity index is 991. The Morgan fingerprint density at radius 1 is 1.03 bits per heavy atom. The summed E-state index contributed by atoms with van der Waals surface area (Å²) in [5.74, 6) is 0.122. The molecule has 1 amide bonds. The van der Waals surface area contributed by atoms with E-state index in [1.165, 1.54) is 6.20 Å². The van der Waals surface area contributed by atoms with Crippen LogP contribution in [0.15, 0.2) is 55.0 Å². The van der Waals surface area contributed by atoms with Crippen molar-refractivity contribution in [2.24, 2.45) is 0 Å². The fourth-order valence-corrected chi connectivity index (χ4v) is 3.14. The molecule has 154 valence electrons. The number of ether oxygens (including phenoxy) is 1. The highest BCUT2D eigenvalue weighted by molar-refractivity contribution is 6.03. The summed E-state index contributed by atoms with van der Waals surface area (Å²) in [5.41, 5.74) is 1.66. The number of likely N-dealkylation sites (N-methyl/N-ethyl adjacent to an activating group) is 1. The predicted molar refractivity (Wildman–Crippen MR) is 111 cm³/mol. The second kappa shape index (κ2) is 9.38. The van der Waals surface area contributed by atoms with Gasteiger partial charge in [0.25, 0.3) is 5.91 Å². The number of benzene rings is 1. The average molecular weight is 405 g/mol. The number of amides is 1. The fourth-order valence-electron chi connectivity index (χ4n) is 3.14. The molecule has 0 aliphatic carbocycles. The smallest absolute Gasteiger partial charge is 0.323 e. The molecule has 9 nitrogen and oxygen atoms in total. The van der Waals surface area contributed by atoms with E-state index in [1.54, 1.807) is 30.6 Å². The SMILES string of the molecule is CN1CCN(Cc2cccc(C(=O)Nc3nccc(Oc4ncccn4)n3)c2)CC1. The maximum atomic E-state index is 12.7. The molecule has 1 N–H and O–H groups in total. The normalized spacial score (nSPS) is 15.0. The Morgan fingerprint density at radius 2 is 1.83 bits per heavy atom. The van der Waals surface area contributed by atoms with Crippen LogP contribution in [-0.4, -0.2) is 68.9 Å². The van der Waals surface area contributed by atoms with Crippen molar-refractivity contribution in [2.45, 2.75) is 6.54 Å². The Labute approximate surface area is 174 Å². The molecule has 1 aliphatic rings. The van der Waals surface area contributed by atoms with Crippen molar-refractivity contribution in [3.05, 3.63) is 66.1 Å². The van der Waals surface area contributed by atoms with Crippen LogP contribution in [0.25, 0.3) is 0 Å². The highest BCUT2D eigenvalue weighted by Gasteiger charge is 2.15. The van der Waals surface area contributed by atoms with Gasteiger partial charge in [-0.3, -0.25) is 15.0 Å². The van der Waals surface area contributed by atoms with Crippen LogP contribution in [0, 0.1) is 0 Å². The number of nitrogens with zero attached hydrogens (tertiary/aromatic N) is 6. The van der Waals surface area contributed by atoms with E-state index in [0.717, 1.165) is 38.3 Å². The lowest BCUT2D eigenvalue weighted by atomic mass is 10.1. The van der Waals surface area contributed by atoms with E-state index in [1.807, 2.05) is 18.2 Å². The summed E-state index contributed by atoms with van der Waals surface area (Å²) in [7, 11) is 2.14. The fraction of sp³-hybridized carbons (Fsp3) is 0.286. The molecule has 0 atom stereocenters. The molecule has 0 spiro atoms. The minimum atomic E-state index is -0.275. The van der Waals surface area contributed by atoms with E-state index in [9.17, 15) is 4.79 Å². The van der Waals surface area contributed by atoms with Crippen molar-refractivity contribution in [2.75, 3.05) is 38.5 Å². The molecule has 1 fully saturated rings. The van der Waals surface area contributed by atoms with E-state index in [0.29, 0.717) is 5.56 Å². The zero-order valence-electron chi connectivity index (χ0n) is 16.7. The molecular weight excluding hydrogens is 382 g/mol. The van der Waals surface area contributed by atoms with Crippen LogP contribution in [0.2, 0.25) is 0 Å². The van der Waals surface area contributed by atoms with Crippen molar-refractivity contribution in [3.8, 4) is 11.9 Å². The Balaban J connectivity index is 1.39. The lowest BCUT2D eigenvalue weighted by molar-refractivity contribution is 0.102. The van der Waals surface area contributed by atoms with Crippen molar-refractivity contribution in [1.82, 2.24) is 29.7 Å². The molecule has 4 rings (SSSR count). The molecule has 1 aliphatic heterocycles. The lowest BCUT2D eigenvalue weighted by Crippen LogP contribution is -2.43. The van der Waals surface area contributed by atoms with Crippen LogP contribution in [0.5, 0.6) is 11.9 Å². The third kappa shape index (κ3) is 5.34. The number of piperazine rings is 1. The molecule has 2 aromatic heterocycles. The summed E-state index contributed by atoms with van der Waals surface area (Å²) in [5, 5.41) is 2.72. The van der Waals surface area contributed by atoms with Gasteiger partial charge in [-0.05, 0) is 30.8 Å². The monoisotopic (exact) mass is 405 g/mol. The molecule has 30 heavy (non-hydrogen) atoms. The Hall–Kier alpha value is -3.43. The number of nitrogens with one attached hydrogen (secondary N) is 1. The van der Waals surface area contributed by atoms with Gasteiger partial charge in [0.05, 0.1) is 0 Å². The maximum absolute atomic E-state index is 12.7. The van der Waals surface area contributed by atoms with Gasteiger partial charge in [0.15, 0.2) is 0 Å². The van der Waals surface area contributed by atoms with Gasteiger partial charge in [-0.2, -0.15) is 4.98 Å². The number of hydrogen-bond acceptors (Lipinski definition) is 8. The largest absolute Gasteiger partial charge is 0.405 e. The van der Waals surface area contributed by atoms with E-state index in [4.69, 9.17) is 4.74 Å². The quantitative estimate of drug-likeness (QED) is 0.666. The minimum Gasteiger partial charge on any atom is -0.405 e. The van der Waals surface area contributed by atoms with E-state index >= 15 is 0 Å². The highest BCUT2D eigenvalue weighted by atomic mass is 16.5. The van der Waals surface area contributed by atoms with Gasteiger partial charge in [-0.15, -0.1) is 0 Å². The summed E-state index contributed by atoms with van der Waals surface area (Å²) >= 11 is 0. The van der Waals surface area contributed by atoms with Crippen LogP contribution >= 0.6 is 0 Å². The van der Waals surface area contributed by atoms with Crippen molar-refractivity contribution in [1.29, 1.82) is 0 Å². The van der Waals surface area contributed by atoms with Crippen LogP contribution in [0.4, 0.5) is 5.95 Å². The van der Waals surface area contributed by atoms with Gasteiger partial charge in [-0.25, -0.2) is 15.0 Å². The minimum absolute atomic E-state index is 0.151. The highest BCUT2D eigenvalue weighted by Crippen LogP contribution is 2.16. The third-order valence-electron chi connectivity index (χ3n) is 4.78. The molecule has 3 aromatic rings. The van der Waals surface area contributed by atoms with Crippen LogP contribution in [-0.2, 0) is 6.54 Å². The van der Waals surface area contributed by atoms with E-state index < -0.39 is 0 Å². The van der Waals surface area contributed by atoms with Crippen molar-refractivity contribution in [3.63, 3.8) is 0 Å². The zero-order chi connectivity index (χ0) is 20.8. The Kier molecular flexibility index (Phi) is 6.21. The number of hydrogen-bond donors (Lipinski definition) is 1. The average Bonchev–Trinajstić information content (AvgIpc) is 2.76. The van der Waals surface area contributed by atoms with Gasteiger partial charge in [0, 0.05) is 62.9 Å². The van der Waals surface area contributed by atoms with Gasteiger partial charge in [-0.1, -0.05) is 12.1 Å². The molecule has 0 saturated carbocycles. The summed E-state index contributed by atoms with van der Waals surface area (Å²) in [6.45, 7) is 5.00. The first-order valence-electron chi connectivity index (χ1n) is 9.75. The van der Waals surface area contributed by atoms with Gasteiger partial charge in [0.2, 0.25) is 11.8 Å². The predicted octanol–water partition coefficient (Wildman–Crippen LogP) is 2.06. The molecule has 0 radical (unpaired) electrons. The van der Waals surface area contributed by atoms with Crippen molar-refractivity contribution < 1.29 is 9.53 Å². The lowest BCUT2D eigenvalue weighted by Gasteiger charge is -2.32. The summed E-state index contributed by atoms with van der Waals surface area (Å²) in [6, 6.07) is 11.1. The topological polar surface area (TPSA) is 96.4 Å². The van der Waals surface area contributed by atoms with Crippen LogP contribution < -0.4 is 10.1 Å². The van der Waals surface area contributed by atoms with Crippen molar-refractivity contribution >= 4 is 11.9 Å². The number of aromatic nitrogens is 4. The number of anilines is 1. The summed E-state index contributed by atoms with van der Waals surface area (Å²) < 4.78 is 5.48. The molecule has 1 aromatic carbocycles. The number of rotatable bonds is 6. The van der Waals surface area contributed by atoms with Gasteiger partial charge < -0.3 is 9.64 Å². The van der Waals surface area contributed by atoms with Gasteiger partial charge in [0.1, 0.15) is 0 Å². The first kappa shape index (κ1) is 19.9.